The number of rotatable bonds is 4. The van der Waals surface area contributed by atoms with Crippen LogP contribution >= 0.6 is 11.6 Å². The van der Waals surface area contributed by atoms with Crippen LogP contribution in [0.25, 0.3) is 0 Å². The average Bonchev–Trinajstić information content (AvgIpc) is 2.61. The molecule has 2 heterocycles. The van der Waals surface area contributed by atoms with E-state index in [1.807, 2.05) is 11.0 Å². The first-order valence-electron chi connectivity index (χ1n) is 7.85. The summed E-state index contributed by atoms with van der Waals surface area (Å²) in [6.07, 6.45) is 2.57. The summed E-state index contributed by atoms with van der Waals surface area (Å²) < 4.78 is 23.8. The van der Waals surface area contributed by atoms with E-state index in [4.69, 9.17) is 11.6 Å². The van der Waals surface area contributed by atoms with Crippen molar-refractivity contribution in [2.75, 3.05) is 42.2 Å². The molecule has 0 N–H and O–H groups in total. The summed E-state index contributed by atoms with van der Waals surface area (Å²) in [7, 11) is -3.70. The van der Waals surface area contributed by atoms with E-state index in [-0.39, 0.29) is 4.90 Å². The Morgan fingerprint density at radius 3 is 2.31 bits per heavy atom. The van der Waals surface area contributed by atoms with E-state index in [1.165, 1.54) is 12.1 Å². The minimum Gasteiger partial charge on any atom is -0.368 e. The number of benzene rings is 1. The van der Waals surface area contributed by atoms with Crippen molar-refractivity contribution in [1.29, 1.82) is 0 Å². The second kappa shape index (κ2) is 7.08. The summed E-state index contributed by atoms with van der Waals surface area (Å²) in [4.78, 5) is 18.6. The van der Waals surface area contributed by atoms with E-state index in [9.17, 15) is 18.5 Å². The Balaban J connectivity index is 1.79. The smallest absolute Gasteiger partial charge is 0.288 e. The van der Waals surface area contributed by atoms with Crippen LogP contribution in [0.1, 0.15) is 0 Å². The summed E-state index contributed by atoms with van der Waals surface area (Å²) in [6, 6.07) is 7.85. The number of nitro groups is 1. The summed E-state index contributed by atoms with van der Waals surface area (Å²) >= 11 is 5.85. The molecule has 1 fully saturated rings. The minimum absolute atomic E-state index is 0.262. The van der Waals surface area contributed by atoms with Gasteiger partial charge in [0, 0.05) is 50.4 Å². The van der Waals surface area contributed by atoms with E-state index < -0.39 is 20.4 Å². The first-order valence-corrected chi connectivity index (χ1v) is 10.1. The molecule has 8 nitrogen and oxygen atoms in total. The molecule has 1 aromatic carbocycles. The molecule has 0 radical (unpaired) electrons. The molecule has 10 heteroatoms. The van der Waals surface area contributed by atoms with E-state index >= 15 is 0 Å². The largest absolute Gasteiger partial charge is 0.368 e. The number of aromatic nitrogens is 1. The maximum atomic E-state index is 11.9. The SMILES string of the molecule is CS(=O)(=O)c1cc(N2CCN(c3ccc(Cl)cn3)CC2)ccc1[N+](=O)[O-]. The highest BCUT2D eigenvalue weighted by molar-refractivity contribution is 7.90. The molecule has 2 aromatic rings. The Morgan fingerprint density at radius 2 is 1.77 bits per heavy atom. The van der Waals surface area contributed by atoms with Gasteiger partial charge in [0.05, 0.1) is 9.95 Å². The monoisotopic (exact) mass is 396 g/mol. The van der Waals surface area contributed by atoms with Gasteiger partial charge in [-0.3, -0.25) is 10.1 Å². The topological polar surface area (TPSA) is 96.7 Å². The highest BCUT2D eigenvalue weighted by Gasteiger charge is 2.25. The molecule has 1 saturated heterocycles. The molecule has 0 saturated carbocycles. The van der Waals surface area contributed by atoms with Gasteiger partial charge in [0.2, 0.25) is 0 Å². The Kier molecular flexibility index (Phi) is 5.01. The lowest BCUT2D eigenvalue weighted by Crippen LogP contribution is -2.46. The van der Waals surface area contributed by atoms with Crippen LogP contribution in [-0.4, -0.2) is 50.8 Å². The molecule has 0 bridgehead atoms. The van der Waals surface area contributed by atoms with E-state index in [0.29, 0.717) is 36.9 Å². The molecule has 0 aliphatic carbocycles. The number of pyridine rings is 1. The van der Waals surface area contributed by atoms with E-state index in [1.54, 1.807) is 18.3 Å². The van der Waals surface area contributed by atoms with Gasteiger partial charge in [-0.1, -0.05) is 11.6 Å². The fourth-order valence-corrected chi connectivity index (χ4v) is 3.87. The van der Waals surface area contributed by atoms with Crippen LogP contribution in [0.4, 0.5) is 17.2 Å². The maximum absolute atomic E-state index is 11.9. The third-order valence-corrected chi connectivity index (χ3v) is 5.57. The predicted octanol–water partition coefficient (Wildman–Crippen LogP) is 2.37. The van der Waals surface area contributed by atoms with Gasteiger partial charge in [-0.15, -0.1) is 0 Å². The normalized spacial score (nSPS) is 15.2. The molecular formula is C16H17ClN4O4S. The molecule has 1 aliphatic rings. The van der Waals surface area contributed by atoms with Crippen molar-refractivity contribution < 1.29 is 13.3 Å². The van der Waals surface area contributed by atoms with Gasteiger partial charge in [0.15, 0.2) is 9.84 Å². The van der Waals surface area contributed by atoms with Crippen LogP contribution in [0.2, 0.25) is 5.02 Å². The average molecular weight is 397 g/mol. The lowest BCUT2D eigenvalue weighted by molar-refractivity contribution is -0.387. The van der Waals surface area contributed by atoms with Crippen LogP contribution < -0.4 is 9.80 Å². The fraction of sp³-hybridized carbons (Fsp3) is 0.312. The third kappa shape index (κ3) is 3.88. The molecule has 1 aromatic heterocycles. The van der Waals surface area contributed by atoms with Crippen molar-refractivity contribution in [1.82, 2.24) is 4.98 Å². The molecule has 0 unspecified atom stereocenters. The first-order chi connectivity index (χ1) is 12.3. The van der Waals surface area contributed by atoms with Crippen molar-refractivity contribution in [3.8, 4) is 0 Å². The van der Waals surface area contributed by atoms with Gasteiger partial charge in [-0.2, -0.15) is 0 Å². The van der Waals surface area contributed by atoms with Gasteiger partial charge in [0.1, 0.15) is 10.7 Å². The van der Waals surface area contributed by atoms with Crippen LogP contribution in [0.5, 0.6) is 0 Å². The second-order valence-corrected chi connectivity index (χ2v) is 8.41. The minimum atomic E-state index is -3.70. The van der Waals surface area contributed by atoms with Crippen molar-refractivity contribution >= 4 is 38.6 Å². The standard InChI is InChI=1S/C16H17ClN4O4S/c1-26(24,25)15-10-13(3-4-14(15)21(22)23)19-6-8-20(9-7-19)16-5-2-12(17)11-18-16/h2-5,10-11H,6-9H2,1H3. The molecule has 0 atom stereocenters. The van der Waals surface area contributed by atoms with E-state index in [0.717, 1.165) is 12.1 Å². The summed E-state index contributed by atoms with van der Waals surface area (Å²) in [5.74, 6) is 0.828. The highest BCUT2D eigenvalue weighted by atomic mass is 35.5. The summed E-state index contributed by atoms with van der Waals surface area (Å²) in [6.45, 7) is 2.68. The van der Waals surface area contributed by atoms with Crippen LogP contribution in [0.15, 0.2) is 41.4 Å². The van der Waals surface area contributed by atoms with Gasteiger partial charge >= 0.3 is 0 Å². The zero-order valence-corrected chi connectivity index (χ0v) is 15.6. The first kappa shape index (κ1) is 18.4. The molecule has 3 rings (SSSR count). The van der Waals surface area contributed by atoms with Crippen LogP contribution in [0.3, 0.4) is 0 Å². The molecule has 0 amide bonds. The Hall–Kier alpha value is -2.39. The molecule has 26 heavy (non-hydrogen) atoms. The molecular weight excluding hydrogens is 380 g/mol. The molecule has 1 aliphatic heterocycles. The number of nitro benzene ring substituents is 1. The zero-order valence-electron chi connectivity index (χ0n) is 14.0. The summed E-state index contributed by atoms with van der Waals surface area (Å²) in [5.41, 5.74) is 0.250. The molecule has 0 spiro atoms. The number of halogens is 1. The highest BCUT2D eigenvalue weighted by Crippen LogP contribution is 2.29. The number of anilines is 2. The van der Waals surface area contributed by atoms with Crippen LogP contribution in [-0.2, 0) is 9.84 Å². The second-order valence-electron chi connectivity index (χ2n) is 5.99. The van der Waals surface area contributed by atoms with Gasteiger partial charge < -0.3 is 9.80 Å². The third-order valence-electron chi connectivity index (χ3n) is 4.22. The predicted molar refractivity (Wildman–Crippen MR) is 99.9 cm³/mol. The van der Waals surface area contributed by atoms with Crippen molar-refractivity contribution in [2.24, 2.45) is 0 Å². The maximum Gasteiger partial charge on any atom is 0.288 e. The lowest BCUT2D eigenvalue weighted by atomic mass is 10.2. The summed E-state index contributed by atoms with van der Waals surface area (Å²) in [5, 5.41) is 11.7. The quantitative estimate of drug-likeness (QED) is 0.578. The number of sulfone groups is 1. The Bertz CT molecular complexity index is 926. The van der Waals surface area contributed by atoms with Crippen molar-refractivity contribution in [3.63, 3.8) is 0 Å². The number of hydrogen-bond donors (Lipinski definition) is 0. The number of hydrogen-bond acceptors (Lipinski definition) is 7. The van der Waals surface area contributed by atoms with Gasteiger partial charge in [0.25, 0.3) is 5.69 Å². The fourth-order valence-electron chi connectivity index (χ4n) is 2.90. The molecule has 138 valence electrons. The number of nitrogens with zero attached hydrogens (tertiary/aromatic N) is 4. The van der Waals surface area contributed by atoms with Crippen LogP contribution in [0, 0.1) is 10.1 Å². The van der Waals surface area contributed by atoms with Crippen molar-refractivity contribution in [3.05, 3.63) is 51.7 Å². The lowest BCUT2D eigenvalue weighted by Gasteiger charge is -2.36. The van der Waals surface area contributed by atoms with Crippen molar-refractivity contribution in [2.45, 2.75) is 4.90 Å². The Labute approximate surface area is 156 Å². The van der Waals surface area contributed by atoms with Gasteiger partial charge in [-0.05, 0) is 24.3 Å². The zero-order chi connectivity index (χ0) is 18.9. The van der Waals surface area contributed by atoms with Gasteiger partial charge in [-0.25, -0.2) is 13.4 Å². The number of piperazine rings is 1. The van der Waals surface area contributed by atoms with E-state index in [2.05, 4.69) is 9.88 Å². The Morgan fingerprint density at radius 1 is 1.12 bits per heavy atom.